The molecule has 0 bridgehead atoms. The zero-order valence-electron chi connectivity index (χ0n) is 15.4. The van der Waals surface area contributed by atoms with Gasteiger partial charge in [-0.15, -0.1) is 0 Å². The minimum absolute atomic E-state index is 0.0557. The Hall–Kier alpha value is -3.77. The van der Waals surface area contributed by atoms with Crippen molar-refractivity contribution in [3.05, 3.63) is 89.0 Å². The lowest BCUT2D eigenvalue weighted by atomic mass is 10.0. The van der Waals surface area contributed by atoms with Crippen LogP contribution in [0.2, 0.25) is 0 Å². The van der Waals surface area contributed by atoms with Gasteiger partial charge < -0.3 is 14.6 Å². The lowest BCUT2D eigenvalue weighted by molar-refractivity contribution is -0.147. The number of fused-ring (bicyclic) bond motifs is 3. The minimum Gasteiger partial charge on any atom is -0.497 e. The molecular weight excluding hydrogens is 372 g/mol. The van der Waals surface area contributed by atoms with Crippen molar-refractivity contribution in [1.82, 2.24) is 0 Å². The molecule has 1 aliphatic carbocycles. The van der Waals surface area contributed by atoms with Gasteiger partial charge in [0, 0.05) is 11.1 Å². The summed E-state index contributed by atoms with van der Waals surface area (Å²) in [5.74, 6) is -1.66. The molecule has 3 aromatic carbocycles. The predicted octanol–water partition coefficient (Wildman–Crippen LogP) is 3.32. The number of methoxy groups -OCH3 is 1. The molecule has 1 unspecified atom stereocenters. The van der Waals surface area contributed by atoms with Gasteiger partial charge in [-0.2, -0.15) is 0 Å². The second kappa shape index (κ2) is 7.33. The van der Waals surface area contributed by atoms with Crippen LogP contribution in [0, 0.1) is 0 Å². The molecule has 144 valence electrons. The number of carbonyl (C=O) groups is 3. The van der Waals surface area contributed by atoms with Crippen molar-refractivity contribution in [3.63, 3.8) is 0 Å². The summed E-state index contributed by atoms with van der Waals surface area (Å²) in [5, 5.41) is 10.1. The topological polar surface area (TPSA) is 89.9 Å². The number of carbonyl (C=O) groups excluding carboxylic acids is 3. The van der Waals surface area contributed by atoms with Gasteiger partial charge in [0.1, 0.15) is 5.75 Å². The zero-order valence-corrected chi connectivity index (χ0v) is 15.4. The summed E-state index contributed by atoms with van der Waals surface area (Å²) in [6.45, 7) is 0. The third-order valence-corrected chi connectivity index (χ3v) is 4.81. The van der Waals surface area contributed by atoms with E-state index in [0.717, 1.165) is 11.1 Å². The number of ether oxygens (including phenoxy) is 2. The van der Waals surface area contributed by atoms with Crippen molar-refractivity contribution in [2.24, 2.45) is 0 Å². The van der Waals surface area contributed by atoms with Crippen molar-refractivity contribution in [2.75, 3.05) is 7.11 Å². The van der Waals surface area contributed by atoms with Crippen molar-refractivity contribution in [3.8, 4) is 16.9 Å². The van der Waals surface area contributed by atoms with Gasteiger partial charge in [0.05, 0.1) is 12.7 Å². The first-order chi connectivity index (χ1) is 14.0. The molecule has 0 aliphatic heterocycles. The first-order valence-electron chi connectivity index (χ1n) is 8.86. The van der Waals surface area contributed by atoms with Gasteiger partial charge in [0.2, 0.25) is 0 Å². The van der Waals surface area contributed by atoms with E-state index in [9.17, 15) is 19.5 Å². The molecule has 3 aromatic rings. The van der Waals surface area contributed by atoms with Crippen LogP contribution in [0.3, 0.4) is 0 Å². The largest absolute Gasteiger partial charge is 0.497 e. The van der Waals surface area contributed by atoms with Gasteiger partial charge >= 0.3 is 11.9 Å². The molecule has 0 fully saturated rings. The molecule has 1 N–H and O–H groups in total. The fourth-order valence-electron chi connectivity index (χ4n) is 3.28. The van der Waals surface area contributed by atoms with Crippen molar-refractivity contribution < 1.29 is 29.0 Å². The average Bonchev–Trinajstić information content (AvgIpc) is 3.05. The number of aliphatic hydroxyl groups is 1. The quantitative estimate of drug-likeness (QED) is 0.426. The number of ketones is 1. The van der Waals surface area contributed by atoms with Gasteiger partial charge in [0.25, 0.3) is 0 Å². The fraction of sp³-hybridized carbons (Fsp3) is 0.0870. The Morgan fingerprint density at radius 1 is 0.862 bits per heavy atom. The van der Waals surface area contributed by atoms with Crippen LogP contribution in [0.4, 0.5) is 0 Å². The molecule has 0 saturated heterocycles. The summed E-state index contributed by atoms with van der Waals surface area (Å²) in [6.07, 6.45) is -1.62. The molecule has 0 heterocycles. The standard InChI is InChI=1S/C23H16O6/c1-28-15-9-6-13(7-10-15)20(24)23(27)29-22(26)14-8-11-17-16-4-2-3-5-18(16)21(25)19(17)12-14/h2-12,20,24H,1H3. The Balaban J connectivity index is 1.52. The highest BCUT2D eigenvalue weighted by molar-refractivity contribution is 6.22. The summed E-state index contributed by atoms with van der Waals surface area (Å²) < 4.78 is 9.83. The van der Waals surface area contributed by atoms with Crippen LogP contribution in [0.1, 0.15) is 37.9 Å². The fourth-order valence-corrected chi connectivity index (χ4v) is 3.28. The van der Waals surface area contributed by atoms with Crippen molar-refractivity contribution in [1.29, 1.82) is 0 Å². The van der Waals surface area contributed by atoms with E-state index >= 15 is 0 Å². The van der Waals surface area contributed by atoms with Crippen molar-refractivity contribution >= 4 is 17.7 Å². The summed E-state index contributed by atoms with van der Waals surface area (Å²) >= 11 is 0. The van der Waals surface area contributed by atoms with E-state index in [-0.39, 0.29) is 16.9 Å². The highest BCUT2D eigenvalue weighted by Crippen LogP contribution is 2.36. The Kier molecular flexibility index (Phi) is 4.70. The van der Waals surface area contributed by atoms with Crippen LogP contribution in [-0.4, -0.2) is 29.9 Å². The number of rotatable bonds is 4. The van der Waals surface area contributed by atoms with Crippen LogP contribution < -0.4 is 4.74 Å². The summed E-state index contributed by atoms with van der Waals surface area (Å²) in [6, 6.07) is 17.9. The van der Waals surface area contributed by atoms with Crippen LogP contribution in [0.15, 0.2) is 66.7 Å². The Labute approximate surface area is 166 Å². The molecule has 0 amide bonds. The third kappa shape index (κ3) is 3.30. The molecule has 1 aliphatic rings. The number of benzene rings is 3. The minimum atomic E-state index is -1.62. The molecule has 0 saturated carbocycles. The van der Waals surface area contributed by atoms with E-state index < -0.39 is 18.0 Å². The lowest BCUT2D eigenvalue weighted by Crippen LogP contribution is -2.20. The molecule has 29 heavy (non-hydrogen) atoms. The smallest absolute Gasteiger partial charge is 0.347 e. The molecule has 6 heteroatoms. The van der Waals surface area contributed by atoms with Crippen LogP contribution >= 0.6 is 0 Å². The van der Waals surface area contributed by atoms with Crippen LogP contribution in [0.5, 0.6) is 5.75 Å². The van der Waals surface area contributed by atoms with E-state index in [1.54, 1.807) is 30.3 Å². The number of hydrogen-bond acceptors (Lipinski definition) is 6. The number of esters is 2. The van der Waals surface area contributed by atoms with Gasteiger partial charge in [-0.05, 0) is 41.0 Å². The lowest BCUT2D eigenvalue weighted by Gasteiger charge is -2.11. The van der Waals surface area contributed by atoms with Crippen LogP contribution in [0.25, 0.3) is 11.1 Å². The zero-order chi connectivity index (χ0) is 20.5. The Morgan fingerprint density at radius 2 is 1.52 bits per heavy atom. The van der Waals surface area contributed by atoms with E-state index in [1.807, 2.05) is 12.1 Å². The van der Waals surface area contributed by atoms with E-state index in [4.69, 9.17) is 9.47 Å². The monoisotopic (exact) mass is 388 g/mol. The molecule has 4 rings (SSSR count). The van der Waals surface area contributed by atoms with Gasteiger partial charge in [-0.1, -0.05) is 42.5 Å². The molecule has 0 aromatic heterocycles. The number of hydrogen-bond donors (Lipinski definition) is 1. The first kappa shape index (κ1) is 18.6. The first-order valence-corrected chi connectivity index (χ1v) is 8.86. The van der Waals surface area contributed by atoms with Gasteiger partial charge in [-0.3, -0.25) is 4.79 Å². The highest BCUT2D eigenvalue weighted by Gasteiger charge is 2.28. The van der Waals surface area contributed by atoms with Gasteiger partial charge in [0.15, 0.2) is 11.9 Å². The molecule has 0 spiro atoms. The Morgan fingerprint density at radius 3 is 2.21 bits per heavy atom. The SMILES string of the molecule is COc1ccc(C(O)C(=O)OC(=O)c2ccc3c(c2)C(=O)c2ccccc2-3)cc1. The highest BCUT2D eigenvalue weighted by atomic mass is 16.6. The van der Waals surface area contributed by atoms with E-state index in [1.165, 1.54) is 31.4 Å². The third-order valence-electron chi connectivity index (χ3n) is 4.81. The van der Waals surface area contributed by atoms with Gasteiger partial charge in [-0.25, -0.2) is 9.59 Å². The number of aliphatic hydroxyl groups excluding tert-OH is 1. The molecular formula is C23H16O6. The summed E-state index contributed by atoms with van der Waals surface area (Å²) in [4.78, 5) is 37.1. The predicted molar refractivity (Wildman–Crippen MR) is 104 cm³/mol. The molecule has 1 atom stereocenters. The van der Waals surface area contributed by atoms with Crippen LogP contribution in [-0.2, 0) is 9.53 Å². The van der Waals surface area contributed by atoms with E-state index in [2.05, 4.69) is 0 Å². The molecule has 0 radical (unpaired) electrons. The maximum atomic E-state index is 12.6. The summed E-state index contributed by atoms with van der Waals surface area (Å²) in [5.41, 5.74) is 2.80. The van der Waals surface area contributed by atoms with E-state index in [0.29, 0.717) is 16.9 Å². The second-order valence-corrected chi connectivity index (χ2v) is 6.52. The Bertz CT molecular complexity index is 1130. The second-order valence-electron chi connectivity index (χ2n) is 6.52. The van der Waals surface area contributed by atoms with Crippen molar-refractivity contribution in [2.45, 2.75) is 6.10 Å². The normalized spacial score (nSPS) is 12.7. The maximum Gasteiger partial charge on any atom is 0.347 e. The molecule has 6 nitrogen and oxygen atoms in total. The average molecular weight is 388 g/mol. The summed E-state index contributed by atoms with van der Waals surface area (Å²) in [7, 11) is 1.50. The maximum absolute atomic E-state index is 12.6.